The Morgan fingerprint density at radius 3 is 2.04 bits per heavy atom. The third-order valence-electron chi connectivity index (χ3n) is 7.18. The lowest BCUT2D eigenvalue weighted by Crippen LogP contribution is -2.07. The van der Waals surface area contributed by atoms with Crippen LogP contribution >= 0.6 is 0 Å². The second-order valence-corrected chi connectivity index (χ2v) is 10.9. The van der Waals surface area contributed by atoms with Gasteiger partial charge in [-0.15, -0.1) is 0 Å². The predicted molar refractivity (Wildman–Crippen MR) is 176 cm³/mol. The van der Waals surface area contributed by atoms with Crippen molar-refractivity contribution in [3.8, 4) is 17.2 Å². The Hall–Kier alpha value is -4.79. The molecule has 3 aromatic carbocycles. The van der Waals surface area contributed by atoms with Gasteiger partial charge in [0, 0.05) is 23.9 Å². The first-order valence-corrected chi connectivity index (χ1v) is 15.6. The van der Waals surface area contributed by atoms with Crippen molar-refractivity contribution in [3.63, 3.8) is 0 Å². The van der Waals surface area contributed by atoms with E-state index in [-0.39, 0.29) is 11.5 Å². The summed E-state index contributed by atoms with van der Waals surface area (Å²) in [4.78, 5) is 35.6. The minimum atomic E-state index is -1.01. The average Bonchev–Trinajstić information content (AvgIpc) is 3.01. The van der Waals surface area contributed by atoms with E-state index in [1.165, 1.54) is 12.1 Å². The summed E-state index contributed by atoms with van der Waals surface area (Å²) in [6.07, 6.45) is 12.8. The highest BCUT2D eigenvalue weighted by atomic mass is 16.5. The quantitative estimate of drug-likeness (QED) is 0.0406. The third kappa shape index (κ3) is 12.8. The summed E-state index contributed by atoms with van der Waals surface area (Å²) in [5, 5.41) is 9.41. The van der Waals surface area contributed by atoms with Crippen LogP contribution in [0, 0.1) is 0 Å². The van der Waals surface area contributed by atoms with Gasteiger partial charge in [0.25, 0.3) is 0 Å². The molecule has 0 radical (unpaired) electrons. The molecule has 0 aliphatic heterocycles. The first-order chi connectivity index (χ1) is 21.7. The SMILES string of the molecule is CCCCCC(=O)Oc1ccc(OC(=O)/C=C/c2ccc(OCCCCCCCCc3c(N)cc(N)cc3C(=O)O)cc2)cc1. The van der Waals surface area contributed by atoms with E-state index in [0.717, 1.165) is 69.1 Å². The number of carboxylic acid groups (broad SMARTS) is 1. The number of rotatable bonds is 19. The van der Waals surface area contributed by atoms with Gasteiger partial charge in [-0.3, -0.25) is 4.79 Å². The number of aromatic carboxylic acids is 1. The number of nitrogens with two attached hydrogens (primary N) is 2. The largest absolute Gasteiger partial charge is 0.494 e. The molecule has 0 bridgehead atoms. The second-order valence-electron chi connectivity index (χ2n) is 10.9. The maximum Gasteiger partial charge on any atom is 0.336 e. The molecule has 0 heterocycles. The van der Waals surface area contributed by atoms with E-state index in [0.29, 0.717) is 47.9 Å². The van der Waals surface area contributed by atoms with Gasteiger partial charge in [-0.2, -0.15) is 0 Å². The van der Waals surface area contributed by atoms with Gasteiger partial charge in [0.05, 0.1) is 12.2 Å². The highest BCUT2D eigenvalue weighted by Gasteiger charge is 2.14. The van der Waals surface area contributed by atoms with Gasteiger partial charge >= 0.3 is 17.9 Å². The highest BCUT2D eigenvalue weighted by Crippen LogP contribution is 2.24. The molecule has 0 spiro atoms. The van der Waals surface area contributed by atoms with E-state index in [1.54, 1.807) is 36.4 Å². The topological polar surface area (TPSA) is 151 Å². The fourth-order valence-corrected chi connectivity index (χ4v) is 4.76. The zero-order valence-corrected chi connectivity index (χ0v) is 26.0. The van der Waals surface area contributed by atoms with Gasteiger partial charge in [-0.25, -0.2) is 9.59 Å². The molecule has 240 valence electrons. The number of ether oxygens (including phenoxy) is 3. The van der Waals surface area contributed by atoms with Gasteiger partial charge in [0.1, 0.15) is 17.2 Å². The lowest BCUT2D eigenvalue weighted by molar-refractivity contribution is -0.134. The number of hydrogen-bond acceptors (Lipinski definition) is 8. The van der Waals surface area contributed by atoms with E-state index >= 15 is 0 Å². The summed E-state index contributed by atoms with van der Waals surface area (Å²) in [6, 6.07) is 16.9. The van der Waals surface area contributed by atoms with Crippen molar-refractivity contribution in [2.24, 2.45) is 0 Å². The Kier molecular flexibility index (Phi) is 14.5. The number of nitrogen functional groups attached to an aromatic ring is 2. The van der Waals surface area contributed by atoms with Crippen molar-refractivity contribution in [3.05, 3.63) is 83.4 Å². The lowest BCUT2D eigenvalue weighted by atomic mass is 9.98. The van der Waals surface area contributed by atoms with Crippen LogP contribution in [0.15, 0.2) is 66.7 Å². The van der Waals surface area contributed by atoms with Crippen LogP contribution in [-0.4, -0.2) is 29.6 Å². The molecule has 0 saturated carbocycles. The molecule has 0 atom stereocenters. The first kappa shape index (κ1) is 34.7. The predicted octanol–water partition coefficient (Wildman–Crippen LogP) is 7.62. The zero-order chi connectivity index (χ0) is 32.4. The second kappa shape index (κ2) is 18.8. The molecular weight excluding hydrogens is 572 g/mol. The fourth-order valence-electron chi connectivity index (χ4n) is 4.76. The number of unbranched alkanes of at least 4 members (excludes halogenated alkanes) is 7. The Labute approximate surface area is 265 Å². The number of anilines is 2. The summed E-state index contributed by atoms with van der Waals surface area (Å²) in [6.45, 7) is 2.69. The summed E-state index contributed by atoms with van der Waals surface area (Å²) in [7, 11) is 0. The van der Waals surface area contributed by atoms with E-state index in [4.69, 9.17) is 25.7 Å². The molecule has 0 amide bonds. The fraction of sp³-hybridized carbons (Fsp3) is 0.361. The van der Waals surface area contributed by atoms with Crippen molar-refractivity contribution in [1.29, 1.82) is 0 Å². The molecule has 9 heteroatoms. The summed E-state index contributed by atoms with van der Waals surface area (Å²) < 4.78 is 16.5. The van der Waals surface area contributed by atoms with Gasteiger partial charge < -0.3 is 30.8 Å². The summed E-state index contributed by atoms with van der Waals surface area (Å²) in [5.41, 5.74) is 14.2. The summed E-state index contributed by atoms with van der Waals surface area (Å²) in [5.74, 6) is -0.254. The van der Waals surface area contributed by atoms with Crippen molar-refractivity contribution >= 4 is 35.4 Å². The molecule has 0 aromatic heterocycles. The van der Waals surface area contributed by atoms with E-state index in [1.807, 2.05) is 24.3 Å². The van der Waals surface area contributed by atoms with E-state index in [2.05, 4.69) is 6.92 Å². The smallest absolute Gasteiger partial charge is 0.336 e. The number of carbonyl (C=O) groups is 3. The summed E-state index contributed by atoms with van der Waals surface area (Å²) >= 11 is 0. The molecule has 3 rings (SSSR count). The molecule has 0 aliphatic carbocycles. The molecule has 0 fully saturated rings. The van der Waals surface area contributed by atoms with Crippen LogP contribution in [0.1, 0.15) is 92.6 Å². The molecule has 3 aromatic rings. The van der Waals surface area contributed by atoms with Gasteiger partial charge in [0.2, 0.25) is 0 Å². The number of carbonyl (C=O) groups excluding carboxylic acids is 2. The van der Waals surface area contributed by atoms with Crippen LogP contribution in [0.5, 0.6) is 17.2 Å². The number of esters is 2. The van der Waals surface area contributed by atoms with Crippen molar-refractivity contribution in [1.82, 2.24) is 0 Å². The van der Waals surface area contributed by atoms with Crippen LogP contribution < -0.4 is 25.7 Å². The van der Waals surface area contributed by atoms with Crippen LogP contribution in [0.25, 0.3) is 6.08 Å². The molecule has 9 nitrogen and oxygen atoms in total. The zero-order valence-electron chi connectivity index (χ0n) is 26.0. The Morgan fingerprint density at radius 1 is 0.756 bits per heavy atom. The molecular formula is C36H44N2O7. The molecule has 0 unspecified atom stereocenters. The van der Waals surface area contributed by atoms with Crippen LogP contribution in [-0.2, 0) is 16.0 Å². The third-order valence-corrected chi connectivity index (χ3v) is 7.18. The molecule has 5 N–H and O–H groups in total. The van der Waals surface area contributed by atoms with Crippen LogP contribution in [0.4, 0.5) is 11.4 Å². The van der Waals surface area contributed by atoms with Gasteiger partial charge in [-0.1, -0.05) is 57.6 Å². The maximum absolute atomic E-state index is 12.2. The average molecular weight is 617 g/mol. The van der Waals surface area contributed by atoms with Crippen molar-refractivity contribution in [2.45, 2.75) is 77.6 Å². The normalized spacial score (nSPS) is 11.0. The van der Waals surface area contributed by atoms with Crippen molar-refractivity contribution < 1.29 is 33.7 Å². The molecule has 0 aliphatic rings. The number of benzene rings is 3. The monoisotopic (exact) mass is 616 g/mol. The highest BCUT2D eigenvalue weighted by molar-refractivity contribution is 5.92. The number of carboxylic acids is 1. The first-order valence-electron chi connectivity index (χ1n) is 15.6. The van der Waals surface area contributed by atoms with Gasteiger partial charge in [0.15, 0.2) is 0 Å². The van der Waals surface area contributed by atoms with Crippen molar-refractivity contribution in [2.75, 3.05) is 18.1 Å². The Morgan fingerprint density at radius 2 is 1.38 bits per heavy atom. The standard InChI is InChI=1S/C36H44N2O7/c1-2-3-8-12-34(39)44-29-18-20-30(21-19-29)45-35(40)22-15-26-13-16-28(17-14-26)43-23-10-7-5-4-6-9-11-31-32(36(41)42)24-27(37)25-33(31)38/h13-22,24-25H,2-12,23,37-38H2,1H3,(H,41,42)/b22-15+. The van der Waals surface area contributed by atoms with E-state index in [9.17, 15) is 19.5 Å². The minimum absolute atomic E-state index is 0.188. The Bertz CT molecular complexity index is 1420. The number of hydrogen-bond donors (Lipinski definition) is 3. The van der Waals surface area contributed by atoms with Crippen LogP contribution in [0.3, 0.4) is 0 Å². The maximum atomic E-state index is 12.2. The Balaban J connectivity index is 1.28. The van der Waals surface area contributed by atoms with Gasteiger partial charge in [-0.05, 0) is 91.4 Å². The lowest BCUT2D eigenvalue weighted by Gasteiger charge is -2.11. The minimum Gasteiger partial charge on any atom is -0.494 e. The molecule has 45 heavy (non-hydrogen) atoms. The van der Waals surface area contributed by atoms with E-state index < -0.39 is 11.9 Å². The molecule has 0 saturated heterocycles. The van der Waals surface area contributed by atoms with Crippen LogP contribution in [0.2, 0.25) is 0 Å².